The maximum absolute atomic E-state index is 13.1. The number of hydrogen-bond donors (Lipinski definition) is 0. The van der Waals surface area contributed by atoms with Crippen molar-refractivity contribution in [1.82, 2.24) is 9.78 Å². The molecule has 0 aliphatic rings. The lowest BCUT2D eigenvalue weighted by molar-refractivity contribution is 0.618. The molecule has 0 unspecified atom stereocenters. The number of halogens is 1. The second-order valence-electron chi connectivity index (χ2n) is 3.68. The summed E-state index contributed by atoms with van der Waals surface area (Å²) in [6.45, 7) is 2.41. The van der Waals surface area contributed by atoms with Gasteiger partial charge in [0.1, 0.15) is 5.82 Å². The molecular formula is C12H10FN3. The Kier molecular flexibility index (Phi) is 2.69. The van der Waals surface area contributed by atoms with E-state index in [1.54, 1.807) is 16.9 Å². The molecule has 0 N–H and O–H groups in total. The Morgan fingerprint density at radius 1 is 1.44 bits per heavy atom. The van der Waals surface area contributed by atoms with E-state index in [1.165, 1.54) is 12.1 Å². The minimum Gasteiger partial charge on any atom is -0.268 e. The van der Waals surface area contributed by atoms with Gasteiger partial charge in [-0.05, 0) is 36.2 Å². The number of aromatic nitrogens is 2. The second-order valence-corrected chi connectivity index (χ2v) is 3.68. The van der Waals surface area contributed by atoms with Crippen molar-refractivity contribution in [3.63, 3.8) is 0 Å². The van der Waals surface area contributed by atoms with Gasteiger partial charge in [-0.3, -0.25) is 4.68 Å². The fourth-order valence-corrected chi connectivity index (χ4v) is 1.55. The smallest absolute Gasteiger partial charge is 0.124 e. The molecule has 0 spiro atoms. The van der Waals surface area contributed by atoms with E-state index in [9.17, 15) is 4.39 Å². The third-order valence-electron chi connectivity index (χ3n) is 2.19. The number of nitrogens with zero attached hydrogens (tertiary/aromatic N) is 3. The lowest BCUT2D eigenvalue weighted by atomic mass is 10.1. The van der Waals surface area contributed by atoms with Gasteiger partial charge < -0.3 is 0 Å². The van der Waals surface area contributed by atoms with Crippen LogP contribution >= 0.6 is 0 Å². The molecule has 2 aromatic rings. The zero-order valence-corrected chi connectivity index (χ0v) is 8.81. The SMILES string of the molecule is Cc1cnn(Cc2cc(F)cc(C#N)c2)c1. The standard InChI is InChI=1S/C12H10FN3/c1-9-6-15-16(7-9)8-11-2-10(5-14)3-12(13)4-11/h2-4,6-7H,8H2,1H3. The van der Waals surface area contributed by atoms with Crippen LogP contribution in [-0.2, 0) is 6.54 Å². The van der Waals surface area contributed by atoms with E-state index in [0.29, 0.717) is 12.1 Å². The molecule has 3 nitrogen and oxygen atoms in total. The molecule has 0 bridgehead atoms. The first-order valence-corrected chi connectivity index (χ1v) is 4.86. The molecule has 0 fully saturated rings. The van der Waals surface area contributed by atoms with Crippen molar-refractivity contribution >= 4 is 0 Å². The van der Waals surface area contributed by atoms with E-state index in [4.69, 9.17) is 5.26 Å². The Hall–Kier alpha value is -2.15. The Morgan fingerprint density at radius 2 is 2.25 bits per heavy atom. The quantitative estimate of drug-likeness (QED) is 0.771. The van der Waals surface area contributed by atoms with Crippen LogP contribution < -0.4 is 0 Å². The van der Waals surface area contributed by atoms with Crippen LogP contribution in [-0.4, -0.2) is 9.78 Å². The Bertz CT molecular complexity index is 552. The average molecular weight is 215 g/mol. The van der Waals surface area contributed by atoms with Crippen LogP contribution in [0, 0.1) is 24.1 Å². The lowest BCUT2D eigenvalue weighted by Gasteiger charge is -2.02. The van der Waals surface area contributed by atoms with E-state index in [1.807, 2.05) is 19.2 Å². The molecule has 1 aromatic carbocycles. The minimum absolute atomic E-state index is 0.332. The summed E-state index contributed by atoms with van der Waals surface area (Å²) in [4.78, 5) is 0. The molecule has 0 atom stereocenters. The second kappa shape index (κ2) is 4.15. The summed E-state index contributed by atoms with van der Waals surface area (Å²) in [5, 5.41) is 12.8. The summed E-state index contributed by atoms with van der Waals surface area (Å²) in [5.74, 6) is -0.391. The fraction of sp³-hybridized carbons (Fsp3) is 0.167. The molecule has 0 saturated heterocycles. The summed E-state index contributed by atoms with van der Waals surface area (Å²) in [6.07, 6.45) is 3.61. The molecule has 0 aliphatic heterocycles. The summed E-state index contributed by atoms with van der Waals surface area (Å²) in [5.41, 5.74) is 2.12. The largest absolute Gasteiger partial charge is 0.268 e. The topological polar surface area (TPSA) is 41.6 Å². The molecular weight excluding hydrogens is 205 g/mol. The third-order valence-corrected chi connectivity index (χ3v) is 2.19. The molecule has 4 heteroatoms. The number of benzene rings is 1. The van der Waals surface area contributed by atoms with Crippen LogP contribution in [0.2, 0.25) is 0 Å². The van der Waals surface area contributed by atoms with Crippen LogP contribution in [0.5, 0.6) is 0 Å². The zero-order valence-electron chi connectivity index (χ0n) is 8.81. The predicted octanol–water partition coefficient (Wildman–Crippen LogP) is 2.25. The maximum atomic E-state index is 13.1. The monoisotopic (exact) mass is 215 g/mol. The molecule has 16 heavy (non-hydrogen) atoms. The molecule has 0 saturated carbocycles. The molecule has 1 aromatic heterocycles. The molecule has 0 amide bonds. The van der Waals surface area contributed by atoms with Crippen molar-refractivity contribution in [2.24, 2.45) is 0 Å². The van der Waals surface area contributed by atoms with Gasteiger partial charge in [-0.2, -0.15) is 10.4 Å². The summed E-state index contributed by atoms with van der Waals surface area (Å²) >= 11 is 0. The average Bonchev–Trinajstić information content (AvgIpc) is 2.63. The van der Waals surface area contributed by atoms with Gasteiger partial charge in [0.2, 0.25) is 0 Å². The van der Waals surface area contributed by atoms with Crippen LogP contribution in [0.3, 0.4) is 0 Å². The van der Waals surface area contributed by atoms with E-state index < -0.39 is 5.82 Å². The first-order valence-electron chi connectivity index (χ1n) is 4.86. The summed E-state index contributed by atoms with van der Waals surface area (Å²) < 4.78 is 14.9. The van der Waals surface area contributed by atoms with Gasteiger partial charge in [0.05, 0.1) is 24.4 Å². The summed E-state index contributed by atoms with van der Waals surface area (Å²) in [6, 6.07) is 6.23. The number of nitriles is 1. The predicted molar refractivity (Wildman–Crippen MR) is 57.2 cm³/mol. The first-order chi connectivity index (χ1) is 7.67. The van der Waals surface area contributed by atoms with Gasteiger partial charge in [0, 0.05) is 6.20 Å². The van der Waals surface area contributed by atoms with Crippen molar-refractivity contribution in [2.45, 2.75) is 13.5 Å². The highest BCUT2D eigenvalue weighted by atomic mass is 19.1. The van der Waals surface area contributed by atoms with Crippen LogP contribution in [0.1, 0.15) is 16.7 Å². The highest BCUT2D eigenvalue weighted by Crippen LogP contribution is 2.10. The van der Waals surface area contributed by atoms with Crippen LogP contribution in [0.25, 0.3) is 0 Å². The Labute approximate surface area is 92.7 Å². The van der Waals surface area contributed by atoms with Crippen molar-refractivity contribution in [1.29, 1.82) is 5.26 Å². The van der Waals surface area contributed by atoms with E-state index in [-0.39, 0.29) is 0 Å². The molecule has 0 radical (unpaired) electrons. The normalized spacial score (nSPS) is 10.1. The Morgan fingerprint density at radius 3 is 2.88 bits per heavy atom. The molecule has 2 rings (SSSR count). The van der Waals surface area contributed by atoms with Crippen LogP contribution in [0.15, 0.2) is 30.6 Å². The van der Waals surface area contributed by atoms with Crippen molar-refractivity contribution in [2.75, 3.05) is 0 Å². The fourth-order valence-electron chi connectivity index (χ4n) is 1.55. The van der Waals surface area contributed by atoms with E-state index in [0.717, 1.165) is 11.1 Å². The summed E-state index contributed by atoms with van der Waals surface area (Å²) in [7, 11) is 0. The van der Waals surface area contributed by atoms with Gasteiger partial charge in [-0.25, -0.2) is 4.39 Å². The highest BCUT2D eigenvalue weighted by Gasteiger charge is 2.02. The van der Waals surface area contributed by atoms with Gasteiger partial charge in [0.25, 0.3) is 0 Å². The van der Waals surface area contributed by atoms with Crippen LogP contribution in [0.4, 0.5) is 4.39 Å². The van der Waals surface area contributed by atoms with Crippen molar-refractivity contribution < 1.29 is 4.39 Å². The number of hydrogen-bond acceptors (Lipinski definition) is 2. The van der Waals surface area contributed by atoms with Gasteiger partial charge in [-0.15, -0.1) is 0 Å². The third kappa shape index (κ3) is 2.26. The van der Waals surface area contributed by atoms with Crippen molar-refractivity contribution in [3.05, 3.63) is 53.1 Å². The maximum Gasteiger partial charge on any atom is 0.124 e. The zero-order chi connectivity index (χ0) is 11.5. The molecule has 1 heterocycles. The first kappa shape index (κ1) is 10.4. The minimum atomic E-state index is -0.391. The van der Waals surface area contributed by atoms with Crippen molar-refractivity contribution in [3.8, 4) is 6.07 Å². The van der Waals surface area contributed by atoms with E-state index in [2.05, 4.69) is 5.10 Å². The van der Waals surface area contributed by atoms with Gasteiger partial charge in [-0.1, -0.05) is 0 Å². The number of aryl methyl sites for hydroxylation is 1. The van der Waals surface area contributed by atoms with Gasteiger partial charge in [0.15, 0.2) is 0 Å². The molecule has 80 valence electrons. The number of rotatable bonds is 2. The van der Waals surface area contributed by atoms with E-state index >= 15 is 0 Å². The lowest BCUT2D eigenvalue weighted by Crippen LogP contribution is -2.00. The highest BCUT2D eigenvalue weighted by molar-refractivity contribution is 5.33. The van der Waals surface area contributed by atoms with Gasteiger partial charge >= 0.3 is 0 Å². The Balaban J connectivity index is 2.28. The molecule has 0 aliphatic carbocycles.